The maximum Gasteiger partial charge on any atom is 0.341 e. The van der Waals surface area contributed by atoms with Crippen LogP contribution in [0.4, 0.5) is 5.00 Å². The molecule has 2 heterocycles. The average Bonchev–Trinajstić information content (AvgIpc) is 3.46. The Hall–Kier alpha value is -3.63. The van der Waals surface area contributed by atoms with Crippen LogP contribution in [-0.2, 0) is 23.2 Å². The average molecular weight is 537 g/mol. The Morgan fingerprint density at radius 2 is 1.84 bits per heavy atom. The highest BCUT2D eigenvalue weighted by molar-refractivity contribution is 7.99. The molecule has 0 bridgehead atoms. The zero-order valence-electron chi connectivity index (χ0n) is 21.3. The Morgan fingerprint density at radius 1 is 1.08 bits per heavy atom. The van der Waals surface area contributed by atoms with Crippen molar-refractivity contribution in [2.75, 3.05) is 18.2 Å². The van der Waals surface area contributed by atoms with Crippen molar-refractivity contribution in [2.45, 2.75) is 32.5 Å². The minimum Gasteiger partial charge on any atom is -0.485 e. The van der Waals surface area contributed by atoms with E-state index in [4.69, 9.17) is 9.47 Å². The molecule has 0 radical (unpaired) electrons. The number of ether oxygens (including phenoxy) is 2. The van der Waals surface area contributed by atoms with Crippen LogP contribution >= 0.6 is 23.1 Å². The van der Waals surface area contributed by atoms with Gasteiger partial charge in [-0.1, -0.05) is 53.7 Å². The summed E-state index contributed by atoms with van der Waals surface area (Å²) in [4.78, 5) is 25.3. The van der Waals surface area contributed by atoms with Gasteiger partial charge < -0.3 is 19.4 Å². The molecule has 0 atom stereocenters. The monoisotopic (exact) mass is 536 g/mol. The molecule has 4 rings (SSSR count). The molecule has 1 amide bonds. The van der Waals surface area contributed by atoms with Gasteiger partial charge in [0.05, 0.1) is 12.9 Å². The van der Waals surface area contributed by atoms with Crippen molar-refractivity contribution in [3.63, 3.8) is 0 Å². The normalized spacial score (nSPS) is 10.8. The standard InChI is InChI=1S/C27H28N4O4S2/c1-16-9-11-19(12-10-16)20-14-36-25(24(20)26(33)34-5)28-23(32)15-37-27-30-29-22(31(27)4)13-35-21-8-6-7-17(2)18(21)3/h6-12,14H,13,15H2,1-5H3,(H,28,32). The third-order valence-corrected chi connectivity index (χ3v) is 7.88. The fourth-order valence-corrected chi connectivity index (χ4v) is 5.32. The highest BCUT2D eigenvalue weighted by Gasteiger charge is 2.23. The predicted molar refractivity (Wildman–Crippen MR) is 146 cm³/mol. The topological polar surface area (TPSA) is 95.3 Å². The van der Waals surface area contributed by atoms with Gasteiger partial charge in [-0.05, 0) is 43.5 Å². The van der Waals surface area contributed by atoms with Crippen molar-refractivity contribution < 1.29 is 19.1 Å². The number of hydrogen-bond acceptors (Lipinski definition) is 8. The first-order valence-electron chi connectivity index (χ1n) is 11.5. The molecule has 4 aromatic rings. The molecule has 0 aliphatic rings. The summed E-state index contributed by atoms with van der Waals surface area (Å²) in [6.07, 6.45) is 0. The molecule has 37 heavy (non-hydrogen) atoms. The van der Waals surface area contributed by atoms with Crippen molar-refractivity contribution in [1.29, 1.82) is 0 Å². The summed E-state index contributed by atoms with van der Waals surface area (Å²) < 4.78 is 12.7. The summed E-state index contributed by atoms with van der Waals surface area (Å²) in [5, 5.41) is 14.2. The Labute approximate surface area is 224 Å². The maximum absolute atomic E-state index is 12.8. The summed E-state index contributed by atoms with van der Waals surface area (Å²) in [5.74, 6) is 0.796. The number of thiophene rings is 1. The van der Waals surface area contributed by atoms with Gasteiger partial charge in [0, 0.05) is 18.0 Å². The molecule has 2 aromatic carbocycles. The van der Waals surface area contributed by atoms with Crippen molar-refractivity contribution in [2.24, 2.45) is 7.05 Å². The number of rotatable bonds is 9. The summed E-state index contributed by atoms with van der Waals surface area (Å²) in [5.41, 5.74) is 5.31. The molecule has 0 unspecified atom stereocenters. The molecule has 0 saturated carbocycles. The van der Waals surface area contributed by atoms with E-state index in [0.717, 1.165) is 33.6 Å². The van der Waals surface area contributed by atoms with E-state index in [2.05, 4.69) is 15.5 Å². The number of hydrogen-bond donors (Lipinski definition) is 1. The second kappa shape index (κ2) is 11.6. The number of thioether (sulfide) groups is 1. The van der Waals surface area contributed by atoms with E-state index in [1.165, 1.54) is 30.2 Å². The molecule has 1 N–H and O–H groups in total. The molecule has 2 aromatic heterocycles. The summed E-state index contributed by atoms with van der Waals surface area (Å²) in [6, 6.07) is 13.8. The SMILES string of the molecule is COC(=O)c1c(-c2ccc(C)cc2)csc1NC(=O)CSc1nnc(COc2cccc(C)c2C)n1C. The van der Waals surface area contributed by atoms with E-state index in [0.29, 0.717) is 21.5 Å². The van der Waals surface area contributed by atoms with Crippen LogP contribution in [0.5, 0.6) is 5.75 Å². The van der Waals surface area contributed by atoms with Crippen molar-refractivity contribution >= 4 is 40.0 Å². The number of carbonyl (C=O) groups excluding carboxylic acids is 2. The number of nitrogens with zero attached hydrogens (tertiary/aromatic N) is 3. The minimum absolute atomic E-state index is 0.0994. The highest BCUT2D eigenvalue weighted by atomic mass is 32.2. The molecule has 8 nitrogen and oxygen atoms in total. The fourth-order valence-electron chi connectivity index (χ4n) is 3.61. The van der Waals surface area contributed by atoms with Crippen molar-refractivity contribution in [1.82, 2.24) is 14.8 Å². The van der Waals surface area contributed by atoms with Gasteiger partial charge in [0.2, 0.25) is 5.91 Å². The first kappa shape index (κ1) is 26.4. The van der Waals surface area contributed by atoms with Gasteiger partial charge in [0.1, 0.15) is 22.9 Å². The van der Waals surface area contributed by atoms with Crippen LogP contribution < -0.4 is 10.1 Å². The quantitative estimate of drug-likeness (QED) is 0.221. The van der Waals surface area contributed by atoms with Gasteiger partial charge in [-0.15, -0.1) is 21.5 Å². The summed E-state index contributed by atoms with van der Waals surface area (Å²) in [6.45, 7) is 6.32. The van der Waals surface area contributed by atoms with E-state index in [1.807, 2.05) is 80.2 Å². The lowest BCUT2D eigenvalue weighted by Gasteiger charge is -2.10. The van der Waals surface area contributed by atoms with E-state index >= 15 is 0 Å². The van der Waals surface area contributed by atoms with Gasteiger partial charge in [-0.3, -0.25) is 4.79 Å². The van der Waals surface area contributed by atoms with Gasteiger partial charge in [0.25, 0.3) is 0 Å². The fraction of sp³-hybridized carbons (Fsp3) is 0.259. The van der Waals surface area contributed by atoms with Crippen molar-refractivity contribution in [3.8, 4) is 16.9 Å². The van der Waals surface area contributed by atoms with Gasteiger partial charge >= 0.3 is 5.97 Å². The van der Waals surface area contributed by atoms with Gasteiger partial charge in [-0.2, -0.15) is 0 Å². The third kappa shape index (κ3) is 6.03. The maximum atomic E-state index is 12.8. The predicted octanol–water partition coefficient (Wildman–Crippen LogP) is 5.57. The second-order valence-electron chi connectivity index (χ2n) is 8.49. The molecule has 0 fully saturated rings. The molecular weight excluding hydrogens is 508 g/mol. The summed E-state index contributed by atoms with van der Waals surface area (Å²) >= 11 is 2.55. The zero-order chi connectivity index (χ0) is 26.5. The van der Waals surface area contributed by atoms with Crippen molar-refractivity contribution in [3.05, 3.63) is 75.9 Å². The lowest BCUT2D eigenvalue weighted by molar-refractivity contribution is -0.113. The number of benzene rings is 2. The number of anilines is 1. The molecule has 0 spiro atoms. The zero-order valence-corrected chi connectivity index (χ0v) is 23.0. The molecule has 10 heteroatoms. The lowest BCUT2D eigenvalue weighted by Crippen LogP contribution is -2.16. The molecule has 0 aliphatic heterocycles. The van der Waals surface area contributed by atoms with Crippen LogP contribution in [0.15, 0.2) is 53.0 Å². The van der Waals surface area contributed by atoms with Crippen LogP contribution in [0, 0.1) is 20.8 Å². The largest absolute Gasteiger partial charge is 0.485 e. The number of aromatic nitrogens is 3. The third-order valence-electron chi connectivity index (χ3n) is 5.97. The van der Waals surface area contributed by atoms with E-state index in [-0.39, 0.29) is 18.3 Å². The van der Waals surface area contributed by atoms with Crippen LogP contribution in [0.3, 0.4) is 0 Å². The first-order chi connectivity index (χ1) is 17.8. The number of methoxy groups -OCH3 is 1. The van der Waals surface area contributed by atoms with Crippen LogP contribution in [0.2, 0.25) is 0 Å². The van der Waals surface area contributed by atoms with Crippen LogP contribution in [0.25, 0.3) is 11.1 Å². The Bertz CT molecular complexity index is 1430. The Morgan fingerprint density at radius 3 is 2.57 bits per heavy atom. The van der Waals surface area contributed by atoms with E-state index < -0.39 is 5.97 Å². The van der Waals surface area contributed by atoms with E-state index in [9.17, 15) is 9.59 Å². The number of esters is 1. The van der Waals surface area contributed by atoms with Crippen LogP contribution in [-0.4, -0.2) is 39.5 Å². The second-order valence-corrected chi connectivity index (χ2v) is 10.3. The number of nitrogens with one attached hydrogen (secondary N) is 1. The number of carbonyl (C=O) groups is 2. The van der Waals surface area contributed by atoms with Gasteiger partial charge in [-0.25, -0.2) is 4.79 Å². The highest BCUT2D eigenvalue weighted by Crippen LogP contribution is 2.36. The Kier molecular flexibility index (Phi) is 8.30. The molecule has 0 saturated heterocycles. The molecular formula is C27H28N4O4S2. The summed E-state index contributed by atoms with van der Waals surface area (Å²) in [7, 11) is 3.17. The smallest absolute Gasteiger partial charge is 0.341 e. The molecule has 192 valence electrons. The Balaban J connectivity index is 1.40. The first-order valence-corrected chi connectivity index (χ1v) is 13.4. The lowest BCUT2D eigenvalue weighted by atomic mass is 10.0. The minimum atomic E-state index is -0.499. The van der Waals surface area contributed by atoms with E-state index in [1.54, 1.807) is 0 Å². The van der Waals surface area contributed by atoms with Gasteiger partial charge in [0.15, 0.2) is 11.0 Å². The molecule has 0 aliphatic carbocycles. The number of amides is 1. The van der Waals surface area contributed by atoms with Crippen LogP contribution in [0.1, 0.15) is 32.9 Å². The number of aryl methyl sites for hydroxylation is 2.